The van der Waals surface area contributed by atoms with Gasteiger partial charge in [0.15, 0.2) is 0 Å². The molecule has 24 heavy (non-hydrogen) atoms. The molecule has 0 spiro atoms. The molecule has 3 fully saturated rings. The van der Waals surface area contributed by atoms with Crippen molar-refractivity contribution in [1.82, 2.24) is 14.7 Å². The summed E-state index contributed by atoms with van der Waals surface area (Å²) in [6, 6.07) is 0.140. The largest absolute Gasteiger partial charge is 0.481 e. The highest BCUT2D eigenvalue weighted by molar-refractivity contribution is 5.90. The van der Waals surface area contributed by atoms with Crippen molar-refractivity contribution in [1.29, 1.82) is 0 Å². The summed E-state index contributed by atoms with van der Waals surface area (Å²) in [5.74, 6) is 0.0200. The number of fused-ring (bicyclic) bond motifs is 1. The number of hydrogen-bond acceptors (Lipinski definition) is 3. The van der Waals surface area contributed by atoms with E-state index in [0.29, 0.717) is 37.2 Å². The Kier molecular flexibility index (Phi) is 3.54. The monoisotopic (exact) mass is 332 g/mol. The van der Waals surface area contributed by atoms with Crippen LogP contribution in [0.5, 0.6) is 0 Å². The molecular weight excluding hydrogens is 308 g/mol. The molecule has 0 bridgehead atoms. The summed E-state index contributed by atoms with van der Waals surface area (Å²) in [5.41, 5.74) is -0.0592. The fraction of sp³-hybridized carbons (Fsp3) is 0.706. The fourth-order valence-electron chi connectivity index (χ4n) is 4.42. The molecular formula is C17H24N4O3. The number of likely N-dealkylation sites (tertiary alicyclic amines) is 1. The molecule has 7 heteroatoms. The van der Waals surface area contributed by atoms with Crippen LogP contribution >= 0.6 is 0 Å². The number of carboxylic acids is 1. The zero-order chi connectivity index (χ0) is 16.9. The van der Waals surface area contributed by atoms with Gasteiger partial charge in [0.2, 0.25) is 0 Å². The third-order valence-electron chi connectivity index (χ3n) is 6.16. The molecule has 0 aromatic carbocycles. The van der Waals surface area contributed by atoms with Crippen LogP contribution in [0, 0.1) is 17.3 Å². The van der Waals surface area contributed by atoms with Crippen molar-refractivity contribution in [2.24, 2.45) is 17.3 Å². The molecule has 4 rings (SSSR count). The fourth-order valence-corrected chi connectivity index (χ4v) is 4.42. The van der Waals surface area contributed by atoms with Crippen LogP contribution < -0.4 is 5.32 Å². The van der Waals surface area contributed by atoms with Crippen LogP contribution in [0.1, 0.15) is 45.1 Å². The Hall–Kier alpha value is -2.05. The molecule has 130 valence electrons. The van der Waals surface area contributed by atoms with Gasteiger partial charge in [0, 0.05) is 19.3 Å². The van der Waals surface area contributed by atoms with Crippen LogP contribution in [0.2, 0.25) is 0 Å². The predicted octanol–water partition coefficient (Wildman–Crippen LogP) is 2.57. The van der Waals surface area contributed by atoms with Gasteiger partial charge in [-0.05, 0) is 44.4 Å². The van der Waals surface area contributed by atoms with E-state index in [4.69, 9.17) is 0 Å². The maximum atomic E-state index is 12.5. The molecule has 2 saturated carbocycles. The van der Waals surface area contributed by atoms with Gasteiger partial charge in [-0.2, -0.15) is 5.10 Å². The summed E-state index contributed by atoms with van der Waals surface area (Å²) in [4.78, 5) is 25.9. The summed E-state index contributed by atoms with van der Waals surface area (Å²) >= 11 is 0. The molecule has 1 aliphatic heterocycles. The van der Waals surface area contributed by atoms with Gasteiger partial charge in [-0.25, -0.2) is 4.79 Å². The first-order chi connectivity index (χ1) is 11.5. The Labute approximate surface area is 141 Å². The maximum absolute atomic E-state index is 12.5. The highest BCUT2D eigenvalue weighted by atomic mass is 16.4. The van der Waals surface area contributed by atoms with Gasteiger partial charge in [-0.15, -0.1) is 0 Å². The van der Waals surface area contributed by atoms with E-state index in [-0.39, 0.29) is 11.9 Å². The van der Waals surface area contributed by atoms with Crippen molar-refractivity contribution in [3.8, 4) is 0 Å². The van der Waals surface area contributed by atoms with Crippen molar-refractivity contribution in [2.75, 3.05) is 18.4 Å². The minimum atomic E-state index is -0.758. The number of carboxylic acid groups (broad SMARTS) is 1. The number of rotatable bonds is 4. The molecule has 1 saturated heterocycles. The van der Waals surface area contributed by atoms with E-state index >= 15 is 0 Å². The number of amides is 2. The van der Waals surface area contributed by atoms with Crippen LogP contribution in [0.25, 0.3) is 0 Å². The molecule has 2 N–H and O–H groups in total. The lowest BCUT2D eigenvalue weighted by molar-refractivity contribution is -0.149. The molecule has 1 unspecified atom stereocenters. The molecule has 3 aliphatic rings. The quantitative estimate of drug-likeness (QED) is 0.887. The van der Waals surface area contributed by atoms with Crippen molar-refractivity contribution in [2.45, 2.75) is 45.1 Å². The smallest absolute Gasteiger partial charge is 0.321 e. The number of aromatic nitrogens is 2. The van der Waals surface area contributed by atoms with E-state index in [0.717, 1.165) is 12.8 Å². The predicted molar refractivity (Wildman–Crippen MR) is 87.7 cm³/mol. The molecule has 7 nitrogen and oxygen atoms in total. The van der Waals surface area contributed by atoms with Crippen LogP contribution in [0.15, 0.2) is 12.4 Å². The van der Waals surface area contributed by atoms with Crippen molar-refractivity contribution < 1.29 is 14.7 Å². The third kappa shape index (κ3) is 2.46. The number of carbonyl (C=O) groups excluding carboxylic acids is 1. The number of anilines is 1. The van der Waals surface area contributed by atoms with Gasteiger partial charge in [0.05, 0.1) is 23.3 Å². The molecule has 2 aliphatic carbocycles. The van der Waals surface area contributed by atoms with E-state index in [2.05, 4.69) is 17.3 Å². The van der Waals surface area contributed by atoms with Crippen molar-refractivity contribution >= 4 is 17.7 Å². The highest BCUT2D eigenvalue weighted by Gasteiger charge is 2.55. The van der Waals surface area contributed by atoms with E-state index < -0.39 is 11.4 Å². The van der Waals surface area contributed by atoms with Crippen molar-refractivity contribution in [3.63, 3.8) is 0 Å². The highest BCUT2D eigenvalue weighted by Crippen LogP contribution is 2.49. The maximum Gasteiger partial charge on any atom is 0.321 e. The van der Waals surface area contributed by atoms with E-state index in [1.54, 1.807) is 11.1 Å². The van der Waals surface area contributed by atoms with Crippen LogP contribution in [0.3, 0.4) is 0 Å². The van der Waals surface area contributed by atoms with E-state index in [1.165, 1.54) is 12.8 Å². The number of nitrogens with zero attached hydrogens (tertiary/aromatic N) is 3. The molecule has 2 amide bonds. The molecule has 0 radical (unpaired) electrons. The normalized spacial score (nSPS) is 30.2. The summed E-state index contributed by atoms with van der Waals surface area (Å²) in [6.07, 6.45) is 8.54. The zero-order valence-corrected chi connectivity index (χ0v) is 13.9. The summed E-state index contributed by atoms with van der Waals surface area (Å²) in [7, 11) is 0. The number of urea groups is 1. The van der Waals surface area contributed by atoms with Gasteiger partial charge < -0.3 is 15.3 Å². The Bertz CT molecular complexity index is 669. The summed E-state index contributed by atoms with van der Waals surface area (Å²) < 4.78 is 1.91. The van der Waals surface area contributed by atoms with Gasteiger partial charge in [-0.1, -0.05) is 6.42 Å². The van der Waals surface area contributed by atoms with Gasteiger partial charge >= 0.3 is 12.0 Å². The minimum Gasteiger partial charge on any atom is -0.481 e. The Morgan fingerprint density at radius 3 is 2.88 bits per heavy atom. The lowest BCUT2D eigenvalue weighted by atomic mass is 9.81. The lowest BCUT2D eigenvalue weighted by Crippen LogP contribution is -2.38. The first-order valence-corrected chi connectivity index (χ1v) is 8.83. The Balaban J connectivity index is 1.41. The SMILES string of the molecule is CC(C1CC1)n1cc(NC(=O)N2C[C@@H]3CCC[C@@]3(C(=O)O)C2)cn1. The molecule has 1 aromatic heterocycles. The third-order valence-corrected chi connectivity index (χ3v) is 6.16. The van der Waals surface area contributed by atoms with Crippen LogP contribution in [-0.2, 0) is 4.79 Å². The second kappa shape index (κ2) is 5.50. The first kappa shape index (κ1) is 15.5. The average molecular weight is 332 g/mol. The average Bonchev–Trinajstić information content (AvgIpc) is 2.98. The number of nitrogens with one attached hydrogen (secondary N) is 1. The van der Waals surface area contributed by atoms with Crippen molar-refractivity contribution in [3.05, 3.63) is 12.4 Å². The van der Waals surface area contributed by atoms with Gasteiger partial charge in [-0.3, -0.25) is 9.48 Å². The van der Waals surface area contributed by atoms with Crippen LogP contribution in [0.4, 0.5) is 10.5 Å². The van der Waals surface area contributed by atoms with Gasteiger partial charge in [0.1, 0.15) is 0 Å². The minimum absolute atomic E-state index is 0.0818. The van der Waals surface area contributed by atoms with E-state index in [1.807, 2.05) is 10.9 Å². The second-order valence-corrected chi connectivity index (χ2v) is 7.65. The molecule has 1 aromatic rings. The number of aliphatic carboxylic acids is 1. The standard InChI is InChI=1S/C17H24N4O3/c1-11(12-4-5-12)21-9-14(7-18-21)19-16(24)20-8-13-3-2-6-17(13,10-20)15(22)23/h7,9,11-13H,2-6,8,10H2,1H3,(H,19,24)(H,22,23)/t11?,13-,17+/m0/s1. The Morgan fingerprint density at radius 1 is 1.42 bits per heavy atom. The van der Waals surface area contributed by atoms with Gasteiger partial charge in [0.25, 0.3) is 0 Å². The summed E-state index contributed by atoms with van der Waals surface area (Å²) in [5, 5.41) is 16.8. The summed E-state index contributed by atoms with van der Waals surface area (Å²) in [6.45, 7) is 2.99. The molecule has 3 atom stereocenters. The second-order valence-electron chi connectivity index (χ2n) is 7.65. The van der Waals surface area contributed by atoms with E-state index in [9.17, 15) is 14.7 Å². The number of hydrogen-bond donors (Lipinski definition) is 2. The lowest BCUT2D eigenvalue weighted by Gasteiger charge is -2.23. The first-order valence-electron chi connectivity index (χ1n) is 8.83. The zero-order valence-electron chi connectivity index (χ0n) is 13.9. The Morgan fingerprint density at radius 2 is 2.21 bits per heavy atom. The molecule has 2 heterocycles. The van der Waals surface area contributed by atoms with Crippen LogP contribution in [-0.4, -0.2) is 44.9 Å². The topological polar surface area (TPSA) is 87.5 Å². The number of carbonyl (C=O) groups is 2.